The Labute approximate surface area is 67.1 Å². The van der Waals surface area contributed by atoms with Crippen LogP contribution in [0.25, 0.3) is 0 Å². The van der Waals surface area contributed by atoms with Gasteiger partial charge in [0.25, 0.3) is 5.97 Å². The third kappa shape index (κ3) is 2.83. The summed E-state index contributed by atoms with van der Waals surface area (Å²) in [5, 5.41) is 0. The van der Waals surface area contributed by atoms with E-state index in [0.717, 1.165) is 0 Å². The van der Waals surface area contributed by atoms with E-state index in [9.17, 15) is 4.79 Å². The van der Waals surface area contributed by atoms with Crippen LogP contribution in [0.4, 0.5) is 0 Å². The Balaban J connectivity index is 4.28. The molecular weight excluding hydrogens is 164 g/mol. The first-order valence-electron chi connectivity index (χ1n) is 3.03. The molecular formula is C6H12O4Si. The predicted molar refractivity (Wildman–Crippen MR) is 41.7 cm³/mol. The van der Waals surface area contributed by atoms with Crippen LogP contribution in [0.5, 0.6) is 0 Å². The van der Waals surface area contributed by atoms with Crippen LogP contribution in [0, 0.1) is 0 Å². The van der Waals surface area contributed by atoms with Crippen molar-refractivity contribution < 1.29 is 18.1 Å². The lowest BCUT2D eigenvalue weighted by atomic mass is 10.9. The van der Waals surface area contributed by atoms with Gasteiger partial charge >= 0.3 is 8.80 Å². The molecule has 0 radical (unpaired) electrons. The minimum absolute atomic E-state index is 0.430. The smallest absolute Gasteiger partial charge is 0.471 e. The summed E-state index contributed by atoms with van der Waals surface area (Å²) < 4.78 is 14.6. The van der Waals surface area contributed by atoms with Crippen molar-refractivity contribution in [2.45, 2.75) is 6.92 Å². The average molecular weight is 176 g/mol. The molecule has 0 N–H and O–H groups in total. The van der Waals surface area contributed by atoms with Crippen molar-refractivity contribution in [1.29, 1.82) is 0 Å². The van der Waals surface area contributed by atoms with Gasteiger partial charge in [0.05, 0.1) is 0 Å². The summed E-state index contributed by atoms with van der Waals surface area (Å²) in [7, 11) is -0.0321. The van der Waals surface area contributed by atoms with Gasteiger partial charge in [0.15, 0.2) is 0 Å². The van der Waals surface area contributed by atoms with Crippen LogP contribution in [0.2, 0.25) is 0 Å². The van der Waals surface area contributed by atoms with Gasteiger partial charge in [-0.05, 0) is 5.70 Å². The highest BCUT2D eigenvalue weighted by molar-refractivity contribution is 6.67. The van der Waals surface area contributed by atoms with E-state index in [1.807, 2.05) is 0 Å². The zero-order valence-electron chi connectivity index (χ0n) is 6.92. The molecule has 5 heteroatoms. The minimum Gasteiger partial charge on any atom is -0.471 e. The molecule has 0 bridgehead atoms. The Bertz CT molecular complexity index is 153. The van der Waals surface area contributed by atoms with Gasteiger partial charge in [-0.3, -0.25) is 4.79 Å². The van der Waals surface area contributed by atoms with Gasteiger partial charge in [-0.25, -0.2) is 0 Å². The Morgan fingerprint density at radius 3 is 2.00 bits per heavy atom. The largest absolute Gasteiger partial charge is 0.595 e. The second-order valence-electron chi connectivity index (χ2n) is 1.81. The fourth-order valence-electron chi connectivity index (χ4n) is 0.575. The fourth-order valence-corrected chi connectivity index (χ4v) is 1.73. The quantitative estimate of drug-likeness (QED) is 0.585. The van der Waals surface area contributed by atoms with Crippen molar-refractivity contribution in [3.8, 4) is 0 Å². The first-order chi connectivity index (χ1) is 5.10. The van der Waals surface area contributed by atoms with Crippen molar-refractivity contribution >= 4 is 14.8 Å². The van der Waals surface area contributed by atoms with Gasteiger partial charge in [0, 0.05) is 21.1 Å². The summed E-state index contributed by atoms with van der Waals surface area (Å²) in [6, 6.07) is 0. The molecule has 0 atom stereocenters. The van der Waals surface area contributed by atoms with Crippen LogP contribution in [0.1, 0.15) is 6.92 Å². The summed E-state index contributed by atoms with van der Waals surface area (Å²) in [6.45, 7) is 4.76. The number of hydrogen-bond acceptors (Lipinski definition) is 4. The van der Waals surface area contributed by atoms with Gasteiger partial charge in [-0.1, -0.05) is 6.58 Å². The van der Waals surface area contributed by atoms with Crippen molar-refractivity contribution in [1.82, 2.24) is 0 Å². The Morgan fingerprint density at radius 1 is 1.45 bits per heavy atom. The maximum Gasteiger partial charge on any atom is 0.595 e. The Morgan fingerprint density at radius 2 is 1.91 bits per heavy atom. The maximum absolute atomic E-state index is 10.5. The van der Waals surface area contributed by atoms with E-state index in [4.69, 9.17) is 13.3 Å². The van der Waals surface area contributed by atoms with Gasteiger partial charge in [0.2, 0.25) is 0 Å². The normalized spacial score (nSPS) is 10.8. The molecule has 0 aromatic rings. The third-order valence-corrected chi connectivity index (χ3v) is 3.32. The summed E-state index contributed by atoms with van der Waals surface area (Å²) >= 11 is 0. The fraction of sp³-hybridized carbons (Fsp3) is 0.500. The van der Waals surface area contributed by atoms with E-state index in [0.29, 0.717) is 0 Å². The molecule has 0 heterocycles. The molecule has 0 aromatic carbocycles. The number of hydrogen-bond donors (Lipinski definition) is 0. The van der Waals surface area contributed by atoms with Gasteiger partial charge < -0.3 is 13.3 Å². The van der Waals surface area contributed by atoms with E-state index in [1.165, 1.54) is 26.8 Å². The molecule has 0 amide bonds. The number of rotatable bonds is 4. The maximum atomic E-state index is 10.5. The minimum atomic E-state index is -2.87. The van der Waals surface area contributed by atoms with E-state index in [1.54, 1.807) is 0 Å². The molecule has 0 aromatic heterocycles. The average Bonchev–Trinajstić information content (AvgIpc) is 2.00. The van der Waals surface area contributed by atoms with Crippen molar-refractivity contribution in [2.75, 3.05) is 14.2 Å². The molecule has 0 saturated carbocycles. The molecule has 0 fully saturated rings. The molecule has 0 aliphatic heterocycles. The Kier molecular flexibility index (Phi) is 4.02. The first-order valence-corrected chi connectivity index (χ1v) is 4.84. The van der Waals surface area contributed by atoms with E-state index >= 15 is 0 Å². The second kappa shape index (κ2) is 4.27. The standard InChI is InChI=1S/C6H12O4Si/c1-5-11(8-3,9-4)10-6(2)7/h5H,1H2,2-4H3. The molecule has 0 aliphatic rings. The second-order valence-corrected chi connectivity index (χ2v) is 4.45. The summed E-state index contributed by atoms with van der Waals surface area (Å²) in [4.78, 5) is 10.5. The van der Waals surface area contributed by atoms with Crippen LogP contribution in [0.15, 0.2) is 12.3 Å². The SMILES string of the molecule is C=C[Si](OC)(OC)OC(C)=O. The topological polar surface area (TPSA) is 44.8 Å². The lowest BCUT2D eigenvalue weighted by Gasteiger charge is -2.20. The van der Waals surface area contributed by atoms with Crippen LogP contribution in [-0.2, 0) is 18.1 Å². The van der Waals surface area contributed by atoms with Gasteiger partial charge in [0.1, 0.15) is 0 Å². The monoisotopic (exact) mass is 176 g/mol. The number of carbonyl (C=O) groups is 1. The summed E-state index contributed by atoms with van der Waals surface area (Å²) in [5.41, 5.74) is 1.40. The molecule has 11 heavy (non-hydrogen) atoms. The highest BCUT2D eigenvalue weighted by Crippen LogP contribution is 2.07. The zero-order chi connectivity index (χ0) is 8.91. The lowest BCUT2D eigenvalue weighted by Crippen LogP contribution is -2.43. The van der Waals surface area contributed by atoms with E-state index in [2.05, 4.69) is 6.58 Å². The van der Waals surface area contributed by atoms with Gasteiger partial charge in [-0.15, -0.1) is 0 Å². The zero-order valence-corrected chi connectivity index (χ0v) is 7.92. The highest BCUT2D eigenvalue weighted by Gasteiger charge is 2.38. The molecule has 0 rings (SSSR count). The highest BCUT2D eigenvalue weighted by atomic mass is 28.4. The van der Waals surface area contributed by atoms with Crippen LogP contribution < -0.4 is 0 Å². The summed E-state index contributed by atoms with van der Waals surface area (Å²) in [5.74, 6) is -0.430. The van der Waals surface area contributed by atoms with E-state index < -0.39 is 14.8 Å². The van der Waals surface area contributed by atoms with Crippen LogP contribution >= 0.6 is 0 Å². The van der Waals surface area contributed by atoms with Crippen LogP contribution in [-0.4, -0.2) is 29.0 Å². The lowest BCUT2D eigenvalue weighted by molar-refractivity contribution is -0.135. The number of carbonyl (C=O) groups excluding carboxylic acids is 1. The van der Waals surface area contributed by atoms with Crippen molar-refractivity contribution in [3.05, 3.63) is 12.3 Å². The third-order valence-electron chi connectivity index (χ3n) is 1.11. The summed E-state index contributed by atoms with van der Waals surface area (Å²) in [6.07, 6.45) is 0. The Hall–Kier alpha value is -0.653. The molecule has 4 nitrogen and oxygen atoms in total. The molecule has 0 aliphatic carbocycles. The first kappa shape index (κ1) is 10.3. The van der Waals surface area contributed by atoms with Crippen molar-refractivity contribution in [3.63, 3.8) is 0 Å². The van der Waals surface area contributed by atoms with Crippen molar-refractivity contribution in [2.24, 2.45) is 0 Å². The molecule has 0 spiro atoms. The molecule has 0 unspecified atom stereocenters. The van der Waals surface area contributed by atoms with E-state index in [-0.39, 0.29) is 0 Å². The molecule has 64 valence electrons. The van der Waals surface area contributed by atoms with Gasteiger partial charge in [-0.2, -0.15) is 0 Å². The van der Waals surface area contributed by atoms with Crippen LogP contribution in [0.3, 0.4) is 0 Å². The molecule has 0 saturated heterocycles. The predicted octanol–water partition coefficient (Wildman–Crippen LogP) is 0.506.